The van der Waals surface area contributed by atoms with Crippen LogP contribution < -0.4 is 5.32 Å². The molecule has 1 N–H and O–H groups in total. The second kappa shape index (κ2) is 7.13. The van der Waals surface area contributed by atoms with Crippen LogP contribution >= 0.6 is 22.9 Å². The van der Waals surface area contributed by atoms with Crippen LogP contribution in [0.5, 0.6) is 0 Å². The summed E-state index contributed by atoms with van der Waals surface area (Å²) in [6, 6.07) is 8.91. The van der Waals surface area contributed by atoms with E-state index < -0.39 is 29.4 Å². The molecule has 0 saturated carbocycles. The van der Waals surface area contributed by atoms with E-state index in [9.17, 15) is 18.0 Å². The number of amides is 1. The van der Waals surface area contributed by atoms with Crippen molar-refractivity contribution in [1.82, 2.24) is 15.1 Å². The number of thiophene rings is 1. The molecule has 1 amide bonds. The molecule has 0 radical (unpaired) electrons. The third-order valence-electron chi connectivity index (χ3n) is 3.67. The molecule has 0 aliphatic carbocycles. The Balaban J connectivity index is 1.97. The molecule has 0 aliphatic rings. The topological polar surface area (TPSA) is 46.9 Å². The molecular formula is C17H13ClF3N3OS. The van der Waals surface area contributed by atoms with Crippen LogP contribution in [-0.4, -0.2) is 15.7 Å². The van der Waals surface area contributed by atoms with Gasteiger partial charge in [-0.1, -0.05) is 17.7 Å². The van der Waals surface area contributed by atoms with Gasteiger partial charge in [-0.2, -0.15) is 18.3 Å². The number of alkyl halides is 3. The second-order valence-electron chi connectivity index (χ2n) is 5.50. The van der Waals surface area contributed by atoms with Crippen molar-refractivity contribution < 1.29 is 18.0 Å². The zero-order valence-electron chi connectivity index (χ0n) is 13.4. The van der Waals surface area contributed by atoms with Crippen molar-refractivity contribution in [3.05, 3.63) is 69.1 Å². The van der Waals surface area contributed by atoms with E-state index in [1.165, 1.54) is 35.6 Å². The first-order chi connectivity index (χ1) is 12.3. The molecule has 3 rings (SSSR count). The van der Waals surface area contributed by atoms with Crippen molar-refractivity contribution in [2.45, 2.75) is 19.1 Å². The first kappa shape index (κ1) is 18.5. The van der Waals surface area contributed by atoms with E-state index in [1.54, 1.807) is 13.0 Å². The Labute approximate surface area is 156 Å². The van der Waals surface area contributed by atoms with Crippen molar-refractivity contribution in [3.63, 3.8) is 0 Å². The van der Waals surface area contributed by atoms with Gasteiger partial charge in [-0.15, -0.1) is 11.3 Å². The van der Waals surface area contributed by atoms with Crippen LogP contribution in [0.2, 0.25) is 5.02 Å². The van der Waals surface area contributed by atoms with Gasteiger partial charge in [-0.05, 0) is 42.6 Å². The predicted octanol–water partition coefficient (Wildman–Crippen LogP) is 5.10. The third-order valence-corrected chi connectivity index (χ3v) is 4.98. The zero-order valence-corrected chi connectivity index (χ0v) is 15.0. The van der Waals surface area contributed by atoms with Gasteiger partial charge in [0.2, 0.25) is 0 Å². The zero-order chi connectivity index (χ0) is 18.9. The van der Waals surface area contributed by atoms with Crippen LogP contribution in [0.3, 0.4) is 0 Å². The van der Waals surface area contributed by atoms with E-state index >= 15 is 0 Å². The van der Waals surface area contributed by atoms with Crippen LogP contribution in [0.25, 0.3) is 5.69 Å². The SMILES string of the molecule is CC(NC(=O)c1cnn(-c2ccc(Cl)cc2)c1C(F)(F)F)c1cccs1. The number of nitrogens with one attached hydrogen (secondary N) is 1. The van der Waals surface area contributed by atoms with Gasteiger partial charge < -0.3 is 5.32 Å². The summed E-state index contributed by atoms with van der Waals surface area (Å²) >= 11 is 7.19. The highest BCUT2D eigenvalue weighted by atomic mass is 35.5. The maximum atomic E-state index is 13.6. The van der Waals surface area contributed by atoms with Crippen molar-refractivity contribution in [3.8, 4) is 5.69 Å². The van der Waals surface area contributed by atoms with Gasteiger partial charge in [-0.3, -0.25) is 4.79 Å². The Morgan fingerprint density at radius 3 is 2.54 bits per heavy atom. The lowest BCUT2D eigenvalue weighted by atomic mass is 10.2. The van der Waals surface area contributed by atoms with Gasteiger partial charge in [-0.25, -0.2) is 4.68 Å². The summed E-state index contributed by atoms with van der Waals surface area (Å²) < 4.78 is 41.5. The van der Waals surface area contributed by atoms with Crippen molar-refractivity contribution >= 4 is 28.8 Å². The molecule has 9 heteroatoms. The van der Waals surface area contributed by atoms with Crippen LogP contribution in [0.1, 0.15) is 33.9 Å². The molecule has 2 heterocycles. The first-order valence-electron chi connectivity index (χ1n) is 7.53. The summed E-state index contributed by atoms with van der Waals surface area (Å²) in [5, 5.41) is 8.57. The van der Waals surface area contributed by atoms with E-state index in [-0.39, 0.29) is 5.69 Å². The van der Waals surface area contributed by atoms with E-state index in [0.29, 0.717) is 9.70 Å². The van der Waals surface area contributed by atoms with Crippen LogP contribution in [-0.2, 0) is 6.18 Å². The highest BCUT2D eigenvalue weighted by Gasteiger charge is 2.40. The second-order valence-corrected chi connectivity index (χ2v) is 6.92. The Kier molecular flexibility index (Phi) is 5.06. The maximum Gasteiger partial charge on any atom is 0.434 e. The molecule has 0 fully saturated rings. The lowest BCUT2D eigenvalue weighted by molar-refractivity contribution is -0.143. The lowest BCUT2D eigenvalue weighted by Gasteiger charge is -2.15. The third kappa shape index (κ3) is 3.76. The Hall–Kier alpha value is -2.32. The Bertz CT molecular complexity index is 904. The number of rotatable bonds is 4. The largest absolute Gasteiger partial charge is 0.434 e. The molecule has 0 aliphatic heterocycles. The average molecular weight is 400 g/mol. The standard InChI is InChI=1S/C17H13ClF3N3OS/c1-10(14-3-2-8-26-14)23-16(25)13-9-22-24(15(13)17(19,20)21)12-6-4-11(18)5-7-12/h2-10H,1H3,(H,23,25). The molecule has 4 nitrogen and oxygen atoms in total. The monoisotopic (exact) mass is 399 g/mol. The minimum absolute atomic E-state index is 0.159. The molecule has 0 spiro atoms. The lowest BCUT2D eigenvalue weighted by Crippen LogP contribution is -2.28. The smallest absolute Gasteiger partial charge is 0.345 e. The minimum Gasteiger partial charge on any atom is -0.345 e. The van der Waals surface area contributed by atoms with E-state index in [4.69, 9.17) is 11.6 Å². The van der Waals surface area contributed by atoms with Crippen LogP contribution in [0.4, 0.5) is 13.2 Å². The molecule has 0 saturated heterocycles. The number of halogens is 4. The normalized spacial score (nSPS) is 12.8. The molecule has 1 atom stereocenters. The van der Waals surface area contributed by atoms with Crippen LogP contribution in [0.15, 0.2) is 48.0 Å². The summed E-state index contributed by atoms with van der Waals surface area (Å²) in [6.45, 7) is 1.71. The van der Waals surface area contributed by atoms with Gasteiger partial charge in [0.15, 0.2) is 5.69 Å². The van der Waals surface area contributed by atoms with E-state index in [2.05, 4.69) is 10.4 Å². The number of aromatic nitrogens is 2. The number of hydrogen-bond acceptors (Lipinski definition) is 3. The highest BCUT2D eigenvalue weighted by molar-refractivity contribution is 7.10. The Morgan fingerprint density at radius 1 is 1.27 bits per heavy atom. The molecule has 0 bridgehead atoms. The molecular weight excluding hydrogens is 387 g/mol. The maximum absolute atomic E-state index is 13.6. The van der Waals surface area contributed by atoms with E-state index in [1.807, 2.05) is 11.4 Å². The molecule has 136 valence electrons. The highest BCUT2D eigenvalue weighted by Crippen LogP contribution is 2.34. The molecule has 2 aromatic heterocycles. The Morgan fingerprint density at radius 2 is 1.96 bits per heavy atom. The fourth-order valence-corrected chi connectivity index (χ4v) is 3.31. The number of carbonyl (C=O) groups excluding carboxylic acids is 1. The summed E-state index contributed by atoms with van der Waals surface area (Å²) in [5.41, 5.74) is -1.50. The van der Waals surface area contributed by atoms with Crippen molar-refractivity contribution in [2.24, 2.45) is 0 Å². The summed E-state index contributed by atoms with van der Waals surface area (Å²) in [4.78, 5) is 13.3. The number of hydrogen-bond donors (Lipinski definition) is 1. The van der Waals surface area contributed by atoms with Gasteiger partial charge in [0, 0.05) is 9.90 Å². The first-order valence-corrected chi connectivity index (χ1v) is 8.78. The van der Waals surface area contributed by atoms with Crippen LogP contribution in [0, 0.1) is 0 Å². The average Bonchev–Trinajstić information content (AvgIpc) is 3.24. The van der Waals surface area contributed by atoms with Crippen molar-refractivity contribution in [1.29, 1.82) is 0 Å². The number of carbonyl (C=O) groups is 1. The van der Waals surface area contributed by atoms with Gasteiger partial charge in [0.1, 0.15) is 0 Å². The summed E-state index contributed by atoms with van der Waals surface area (Å²) in [6.07, 6.45) is -3.83. The molecule has 1 unspecified atom stereocenters. The molecule has 1 aromatic carbocycles. The minimum atomic E-state index is -4.75. The van der Waals surface area contributed by atoms with E-state index in [0.717, 1.165) is 11.1 Å². The molecule has 3 aromatic rings. The molecule has 26 heavy (non-hydrogen) atoms. The predicted molar refractivity (Wildman–Crippen MR) is 93.8 cm³/mol. The van der Waals surface area contributed by atoms with Crippen molar-refractivity contribution in [2.75, 3.05) is 0 Å². The van der Waals surface area contributed by atoms with Gasteiger partial charge in [0.25, 0.3) is 5.91 Å². The fourth-order valence-electron chi connectivity index (χ4n) is 2.45. The summed E-state index contributed by atoms with van der Waals surface area (Å²) in [5.74, 6) is -0.835. The summed E-state index contributed by atoms with van der Waals surface area (Å²) in [7, 11) is 0. The van der Waals surface area contributed by atoms with Gasteiger partial charge in [0.05, 0.1) is 23.5 Å². The fraction of sp³-hybridized carbons (Fsp3) is 0.176. The van der Waals surface area contributed by atoms with Gasteiger partial charge >= 0.3 is 6.18 Å². The number of nitrogens with zero attached hydrogens (tertiary/aromatic N) is 2. The number of benzene rings is 1. The quantitative estimate of drug-likeness (QED) is 0.663.